The summed E-state index contributed by atoms with van der Waals surface area (Å²) >= 11 is 0. The van der Waals surface area contributed by atoms with Crippen LogP contribution in [0.5, 0.6) is 0 Å². The van der Waals surface area contributed by atoms with Gasteiger partial charge in [-0.3, -0.25) is 20.7 Å². The second-order valence-corrected chi connectivity index (χ2v) is 6.17. The molecule has 3 rings (SSSR count). The maximum Gasteiger partial charge on any atom is 0.132 e. The van der Waals surface area contributed by atoms with Gasteiger partial charge >= 0.3 is 0 Å². The van der Waals surface area contributed by atoms with Gasteiger partial charge in [0.05, 0.1) is 17.7 Å². The van der Waals surface area contributed by atoms with Crippen LogP contribution in [0, 0.1) is 23.6 Å². The van der Waals surface area contributed by atoms with Crippen molar-refractivity contribution in [2.24, 2.45) is 4.99 Å². The zero-order valence-corrected chi connectivity index (χ0v) is 14.4. The van der Waals surface area contributed by atoms with E-state index in [1.165, 1.54) is 11.0 Å². The molecule has 0 saturated carbocycles. The van der Waals surface area contributed by atoms with Gasteiger partial charge in [0.25, 0.3) is 0 Å². The van der Waals surface area contributed by atoms with E-state index >= 15 is 0 Å². The Labute approximate surface area is 147 Å². The van der Waals surface area contributed by atoms with Gasteiger partial charge in [0.2, 0.25) is 0 Å². The van der Waals surface area contributed by atoms with Crippen molar-refractivity contribution < 1.29 is 4.39 Å². The smallest absolute Gasteiger partial charge is 0.132 e. The van der Waals surface area contributed by atoms with Crippen LogP contribution in [-0.2, 0) is 0 Å². The minimum Gasteiger partial charge on any atom is -0.291 e. The lowest BCUT2D eigenvalue weighted by Crippen LogP contribution is -2.36. The SMILES string of the molecule is CCC[C@@H]1N=C(c2ccccc2F)c2cc(C)ccc2N(C=N)C1=N. The average molecular weight is 336 g/mol. The second kappa shape index (κ2) is 6.97. The van der Waals surface area contributed by atoms with E-state index in [4.69, 9.17) is 15.8 Å². The Balaban J connectivity index is 2.30. The second-order valence-electron chi connectivity index (χ2n) is 6.17. The first-order valence-electron chi connectivity index (χ1n) is 8.38. The van der Waals surface area contributed by atoms with Gasteiger partial charge in [-0.1, -0.05) is 37.1 Å². The first kappa shape index (κ1) is 17.0. The quantitative estimate of drug-likeness (QED) is 0.624. The first-order valence-corrected chi connectivity index (χ1v) is 8.38. The summed E-state index contributed by atoms with van der Waals surface area (Å²) in [5.74, 6) is -0.0907. The van der Waals surface area contributed by atoms with Gasteiger partial charge in [-0.05, 0) is 37.6 Å². The Kier molecular flexibility index (Phi) is 4.74. The van der Waals surface area contributed by atoms with Gasteiger partial charge < -0.3 is 0 Å². The molecule has 0 unspecified atom stereocenters. The summed E-state index contributed by atoms with van der Waals surface area (Å²) in [6, 6.07) is 11.9. The third-order valence-corrected chi connectivity index (χ3v) is 4.35. The lowest BCUT2D eigenvalue weighted by Gasteiger charge is -2.23. The molecule has 2 aromatic rings. The summed E-state index contributed by atoms with van der Waals surface area (Å²) in [5, 5.41) is 16.3. The number of amidine groups is 1. The number of benzodiazepines with no additional fused rings is 1. The van der Waals surface area contributed by atoms with Gasteiger partial charge in [0.1, 0.15) is 17.7 Å². The minimum absolute atomic E-state index is 0.244. The van der Waals surface area contributed by atoms with Gasteiger partial charge in [0, 0.05) is 11.1 Å². The van der Waals surface area contributed by atoms with Crippen LogP contribution in [0.3, 0.4) is 0 Å². The van der Waals surface area contributed by atoms with Crippen molar-refractivity contribution >= 4 is 23.6 Å². The Morgan fingerprint density at radius 2 is 1.96 bits per heavy atom. The number of fused-ring (bicyclic) bond motifs is 1. The van der Waals surface area contributed by atoms with Crippen molar-refractivity contribution in [2.75, 3.05) is 4.90 Å². The molecule has 2 aromatic carbocycles. The molecule has 128 valence electrons. The zero-order valence-electron chi connectivity index (χ0n) is 14.4. The fourth-order valence-electron chi connectivity index (χ4n) is 3.11. The number of nitrogens with zero attached hydrogens (tertiary/aromatic N) is 2. The molecule has 1 aliphatic rings. The van der Waals surface area contributed by atoms with E-state index < -0.39 is 6.04 Å². The van der Waals surface area contributed by atoms with Crippen molar-refractivity contribution in [3.8, 4) is 0 Å². The van der Waals surface area contributed by atoms with Crippen LogP contribution >= 0.6 is 0 Å². The summed E-state index contributed by atoms with van der Waals surface area (Å²) in [7, 11) is 0. The van der Waals surface area contributed by atoms with E-state index in [0.29, 0.717) is 23.4 Å². The molecule has 1 heterocycles. The fourth-order valence-corrected chi connectivity index (χ4v) is 3.11. The minimum atomic E-state index is -0.408. The molecule has 0 aliphatic carbocycles. The van der Waals surface area contributed by atoms with Gasteiger partial charge in [-0.15, -0.1) is 0 Å². The maximum atomic E-state index is 14.5. The summed E-state index contributed by atoms with van der Waals surface area (Å²) in [6.45, 7) is 4.00. The number of rotatable bonds is 4. The van der Waals surface area contributed by atoms with Crippen LogP contribution in [-0.4, -0.2) is 23.9 Å². The number of hydrogen-bond donors (Lipinski definition) is 2. The average Bonchev–Trinajstić information content (AvgIpc) is 2.71. The molecule has 5 heteroatoms. The lowest BCUT2D eigenvalue weighted by molar-refractivity contribution is 0.625. The Hall–Kier alpha value is -2.82. The van der Waals surface area contributed by atoms with E-state index in [1.807, 2.05) is 32.0 Å². The molecule has 0 spiro atoms. The molecule has 0 fully saturated rings. The number of aryl methyl sites for hydroxylation is 1. The molecule has 0 amide bonds. The molecule has 4 nitrogen and oxygen atoms in total. The highest BCUT2D eigenvalue weighted by molar-refractivity contribution is 6.24. The summed E-state index contributed by atoms with van der Waals surface area (Å²) < 4.78 is 14.5. The van der Waals surface area contributed by atoms with Crippen LogP contribution in [0.1, 0.15) is 36.5 Å². The van der Waals surface area contributed by atoms with E-state index in [0.717, 1.165) is 23.9 Å². The van der Waals surface area contributed by atoms with E-state index in [2.05, 4.69) is 0 Å². The van der Waals surface area contributed by atoms with Crippen molar-refractivity contribution in [1.82, 2.24) is 0 Å². The number of nitrogens with one attached hydrogen (secondary N) is 2. The number of hydrogen-bond acceptors (Lipinski definition) is 3. The van der Waals surface area contributed by atoms with Crippen molar-refractivity contribution in [3.63, 3.8) is 0 Å². The maximum absolute atomic E-state index is 14.5. The van der Waals surface area contributed by atoms with E-state index in [9.17, 15) is 4.39 Å². The van der Waals surface area contributed by atoms with Crippen molar-refractivity contribution in [3.05, 3.63) is 65.0 Å². The molecular weight excluding hydrogens is 315 g/mol. The van der Waals surface area contributed by atoms with Crippen LogP contribution in [0.4, 0.5) is 10.1 Å². The predicted molar refractivity (Wildman–Crippen MR) is 101 cm³/mol. The molecule has 0 bridgehead atoms. The fraction of sp³-hybridized carbons (Fsp3) is 0.250. The third kappa shape index (κ3) is 3.09. The topological polar surface area (TPSA) is 63.3 Å². The normalized spacial score (nSPS) is 16.9. The Bertz CT molecular complexity index is 857. The lowest BCUT2D eigenvalue weighted by atomic mass is 9.98. The predicted octanol–water partition coefficient (Wildman–Crippen LogP) is 4.54. The summed E-state index contributed by atoms with van der Waals surface area (Å²) in [5.41, 5.74) is 3.43. The van der Waals surface area contributed by atoms with Gasteiger partial charge in [0.15, 0.2) is 0 Å². The molecule has 0 radical (unpaired) electrons. The number of aliphatic imine (C=N–C) groups is 1. The number of halogens is 1. The molecular formula is C20H21FN4. The summed E-state index contributed by atoms with van der Waals surface area (Å²) in [4.78, 5) is 6.30. The monoisotopic (exact) mass is 336 g/mol. The standard InChI is InChI=1S/C20H21FN4/c1-3-6-17-20(23)25(12-22)18-10-9-13(2)11-15(18)19(24-17)14-7-4-5-8-16(14)21/h4-5,7-12,17,22-23H,3,6H2,1-2H3/t17-/m0/s1. The molecule has 1 atom stereocenters. The highest BCUT2D eigenvalue weighted by Gasteiger charge is 2.29. The van der Waals surface area contributed by atoms with E-state index in [1.54, 1.807) is 18.2 Å². The molecule has 0 aromatic heterocycles. The highest BCUT2D eigenvalue weighted by atomic mass is 19.1. The summed E-state index contributed by atoms with van der Waals surface area (Å²) in [6.07, 6.45) is 2.66. The zero-order chi connectivity index (χ0) is 18.0. The van der Waals surface area contributed by atoms with Crippen molar-refractivity contribution in [2.45, 2.75) is 32.7 Å². The van der Waals surface area contributed by atoms with Crippen LogP contribution in [0.25, 0.3) is 0 Å². The van der Waals surface area contributed by atoms with E-state index in [-0.39, 0.29) is 11.7 Å². The number of anilines is 1. The largest absolute Gasteiger partial charge is 0.291 e. The van der Waals surface area contributed by atoms with Gasteiger partial charge in [-0.2, -0.15) is 0 Å². The Morgan fingerprint density at radius 1 is 1.20 bits per heavy atom. The molecule has 1 aliphatic heterocycles. The van der Waals surface area contributed by atoms with Crippen molar-refractivity contribution in [1.29, 1.82) is 10.8 Å². The number of benzene rings is 2. The third-order valence-electron chi connectivity index (χ3n) is 4.35. The van der Waals surface area contributed by atoms with Crippen LogP contribution < -0.4 is 4.90 Å². The molecule has 2 N–H and O–H groups in total. The molecule has 25 heavy (non-hydrogen) atoms. The van der Waals surface area contributed by atoms with Crippen LogP contribution in [0.15, 0.2) is 47.5 Å². The molecule has 0 saturated heterocycles. The Morgan fingerprint density at radius 3 is 2.64 bits per heavy atom. The van der Waals surface area contributed by atoms with Crippen LogP contribution in [0.2, 0.25) is 0 Å². The first-order chi connectivity index (χ1) is 12.1. The van der Waals surface area contributed by atoms with Gasteiger partial charge in [-0.25, -0.2) is 4.39 Å². The highest BCUT2D eigenvalue weighted by Crippen LogP contribution is 2.30.